The Morgan fingerprint density at radius 3 is 0.833 bits per heavy atom. The molecule has 0 nitrogen and oxygen atoms in total. The van der Waals surface area contributed by atoms with Crippen molar-refractivity contribution in [2.24, 2.45) is 23.7 Å². The lowest BCUT2D eigenvalue weighted by Gasteiger charge is -2.31. The molecule has 0 saturated carbocycles. The number of rotatable bonds is 19. The molecule has 0 saturated heterocycles. The molecule has 0 fully saturated rings. The Morgan fingerprint density at radius 1 is 0.275 bits per heavy atom. The average molecular weight is 1640 g/mol. The van der Waals surface area contributed by atoms with Crippen molar-refractivity contribution >= 4 is 0 Å². The molecule has 8 rings (SSSR count). The van der Waals surface area contributed by atoms with E-state index in [9.17, 15) is 0 Å². The van der Waals surface area contributed by atoms with Gasteiger partial charge in [0.2, 0.25) is 0 Å². The summed E-state index contributed by atoms with van der Waals surface area (Å²) >= 11 is 0. The number of hydrogen-bond donors (Lipinski definition) is 0. The fourth-order valence-corrected chi connectivity index (χ4v) is 16.8. The number of hydrogen-bond acceptors (Lipinski definition) is 0. The molecule has 0 bridgehead atoms. The fraction of sp³-hybridized carbons (Fsp3) is 0.600. The topological polar surface area (TPSA) is 0 Å². The van der Waals surface area contributed by atoms with Crippen LogP contribution in [0.3, 0.4) is 0 Å². The first-order chi connectivity index (χ1) is 57.8. The summed E-state index contributed by atoms with van der Waals surface area (Å²) in [6.07, 6.45) is 1.93. The molecule has 8 aromatic rings. The Bertz CT molecular complexity index is 4210. The van der Waals surface area contributed by atoms with E-state index in [2.05, 4.69) is 379 Å². The lowest BCUT2D eigenvalue weighted by atomic mass is 9.73. The standard InChI is InChI=1S/4C17H28.C16H26.C13H20.C12H18.C11H16/c1-12(2)13-9-14(16(3,4)5)11-15(10-13)17(6,7)8;1-12(2)7-15-9-16(8-13(3)4)11-17(10-15)14(5)6;1-12(2)15-13(16(3,4)5)10-9-11-14(15)17(6,7)8;1-12(2)10-15-8-7-9-16(11-13(3)4)17(15)14(5)6;1-11(2)13-9-8-10-14(16(5,6)7)15(13)12(3)4;1-5-11-8-7-9-12(6-2)13(11)10(3)4;1-8(2)12-10(4)6-9(3)7-11(12)5;1-8(2)11-9(3)6-5-7-10(11)4/h9-12H,1-8H3;9-14H,7-8H2,1-6H3;9-12H,1-8H3;7-9,12-14H,10-11H2,1-6H3;8-12H,1-7H3;7-10H,5-6H2,1-4H3;6-8H,1-5H3;5-8H,1-4H3/i;;;;11D;5D2,6D2;3D3;. The highest BCUT2D eigenvalue weighted by Crippen LogP contribution is 2.40. The summed E-state index contributed by atoms with van der Waals surface area (Å²) in [5.41, 5.74) is 33.3. The molecule has 0 heterocycles. The van der Waals surface area contributed by atoms with Crippen molar-refractivity contribution in [3.05, 3.63) is 279 Å². The zero-order chi connectivity index (χ0) is 100.0. The average Bonchev–Trinajstić information content (AvgIpc) is 0.765. The van der Waals surface area contributed by atoms with Crippen LogP contribution in [0.15, 0.2) is 140 Å². The van der Waals surface area contributed by atoms with Gasteiger partial charge in [0.25, 0.3) is 0 Å². The van der Waals surface area contributed by atoms with Crippen LogP contribution in [0, 0.1) is 58.2 Å². The molecule has 0 N–H and O–H groups in total. The van der Waals surface area contributed by atoms with Gasteiger partial charge in [-0.1, -0.05) is 443 Å². The lowest BCUT2D eigenvalue weighted by molar-refractivity contribution is 0.547. The first-order valence-electron chi connectivity index (χ1n) is 50.8. The molecule has 0 spiro atoms. The van der Waals surface area contributed by atoms with Crippen molar-refractivity contribution in [1.82, 2.24) is 0 Å². The van der Waals surface area contributed by atoms with E-state index in [1.54, 1.807) is 52.6 Å². The van der Waals surface area contributed by atoms with E-state index in [0.29, 0.717) is 58.1 Å². The van der Waals surface area contributed by atoms with Crippen LogP contribution >= 0.6 is 0 Å². The van der Waals surface area contributed by atoms with E-state index in [1.807, 2.05) is 41.5 Å². The van der Waals surface area contributed by atoms with Crippen LogP contribution in [-0.2, 0) is 65.5 Å². The number of benzene rings is 8. The predicted molar refractivity (Wildman–Crippen MR) is 548 cm³/mol. The molecular weight excluding hydrogens is 1440 g/mol. The SMILES string of the molecule is CC(C)Cc1cc(CC(C)C)cc(C(C)C)c1.CC(C)Cc1cccc(CC(C)C)c1C(C)C.CC(C)c1c(C(C)(C)C)cccc1C(C)(C)C.CC(C)c1cc(C(C)(C)C)cc(C(C)(C)C)c1.Cc1cccc(C)c1C(C)C.[2H]C(C)(C)c1cccc(C(C)(C)C)c1C(C)C.[2H]C([2H])(C)c1cccc(C([2H])([2H])C)c1C(C)C.[2H]C([2H])([2H])c1cc(C)c(C(C)C)c(C)c1. The zero-order valence-electron chi connectivity index (χ0n) is 95.0. The van der Waals surface area contributed by atoms with Gasteiger partial charge in [0.15, 0.2) is 0 Å². The summed E-state index contributed by atoms with van der Waals surface area (Å²) in [7, 11) is 0. The molecule has 0 atom stereocenters. The van der Waals surface area contributed by atoms with Gasteiger partial charge in [0, 0.05) is 11.0 Å². The van der Waals surface area contributed by atoms with E-state index in [-0.39, 0.29) is 33.0 Å². The Kier molecular flexibility index (Phi) is 41.2. The summed E-state index contributed by atoms with van der Waals surface area (Å²) < 4.78 is 61.9. The van der Waals surface area contributed by atoms with E-state index in [0.717, 1.165) is 40.4 Å². The van der Waals surface area contributed by atoms with Crippen LogP contribution in [0.5, 0.6) is 0 Å². The highest BCUT2D eigenvalue weighted by Gasteiger charge is 2.28. The van der Waals surface area contributed by atoms with E-state index in [4.69, 9.17) is 11.0 Å². The molecule has 0 aliphatic heterocycles. The first kappa shape index (κ1) is 97.6. The second-order valence-corrected chi connectivity index (χ2v) is 44.4. The Labute approximate surface area is 759 Å². The summed E-state index contributed by atoms with van der Waals surface area (Å²) in [6, 6.07) is 49.7. The second kappa shape index (κ2) is 50.6. The molecule has 0 heteroatoms. The van der Waals surface area contributed by atoms with E-state index < -0.39 is 25.5 Å². The zero-order valence-corrected chi connectivity index (χ0v) is 87.0. The van der Waals surface area contributed by atoms with Crippen molar-refractivity contribution in [1.29, 1.82) is 0 Å². The Morgan fingerprint density at radius 2 is 0.558 bits per heavy atom. The van der Waals surface area contributed by atoms with Crippen LogP contribution in [0.25, 0.3) is 0 Å². The molecule has 0 unspecified atom stereocenters. The van der Waals surface area contributed by atoms with Gasteiger partial charge in [-0.05, 0) is 310 Å². The minimum atomic E-state index is -2.00. The van der Waals surface area contributed by atoms with Gasteiger partial charge in [0.05, 0.1) is 0 Å². The molecule has 8 aromatic carbocycles. The van der Waals surface area contributed by atoms with Crippen LogP contribution in [0.4, 0.5) is 0 Å². The Balaban J connectivity index is 0.000000733. The minimum Gasteiger partial charge on any atom is -0.0625 e. The summed E-state index contributed by atoms with van der Waals surface area (Å²) in [4.78, 5) is 0. The predicted octanol–water partition coefficient (Wildman–Crippen LogP) is 37.6. The molecule has 0 aliphatic carbocycles. The minimum absolute atomic E-state index is 0.103. The number of aryl methyl sites for hydroxylation is 7. The molecule has 0 aliphatic rings. The molecule has 120 heavy (non-hydrogen) atoms. The second-order valence-electron chi connectivity index (χ2n) is 44.4. The maximum atomic E-state index is 8.31. The summed E-state index contributed by atoms with van der Waals surface area (Å²) in [5, 5.41) is 0. The summed E-state index contributed by atoms with van der Waals surface area (Å²) in [5.74, 6) is 6.53. The maximum Gasteiger partial charge on any atom is 0.0347 e. The van der Waals surface area contributed by atoms with Crippen LogP contribution < -0.4 is 0 Å². The van der Waals surface area contributed by atoms with Crippen LogP contribution in [0.2, 0.25) is 0 Å². The largest absolute Gasteiger partial charge is 0.0625 e. The van der Waals surface area contributed by atoms with Crippen molar-refractivity contribution in [3.63, 3.8) is 0 Å². The normalized spacial score (nSPS) is 13.4. The monoisotopic (exact) mass is 1640 g/mol. The van der Waals surface area contributed by atoms with Crippen LogP contribution in [0.1, 0.15) is 501 Å². The van der Waals surface area contributed by atoms with Gasteiger partial charge in [-0.15, -0.1) is 0 Å². The highest BCUT2D eigenvalue weighted by molar-refractivity contribution is 5.47. The van der Waals surface area contributed by atoms with Crippen molar-refractivity contribution in [3.8, 4) is 0 Å². The molecule has 0 aromatic heterocycles. The van der Waals surface area contributed by atoms with E-state index >= 15 is 0 Å². The van der Waals surface area contributed by atoms with Gasteiger partial charge < -0.3 is 0 Å². The molecule has 672 valence electrons. The third kappa shape index (κ3) is 38.1. The van der Waals surface area contributed by atoms with Gasteiger partial charge in [-0.25, -0.2) is 0 Å². The summed E-state index contributed by atoms with van der Waals surface area (Å²) in [6.45, 7) is 102. The highest BCUT2D eigenvalue weighted by atomic mass is 14.3. The smallest absolute Gasteiger partial charge is 0.0347 e. The first-order valence-corrected chi connectivity index (χ1v) is 46.8. The Hall–Kier alpha value is -6.24. The van der Waals surface area contributed by atoms with Crippen molar-refractivity contribution in [2.75, 3.05) is 0 Å². The molecule has 0 amide bonds. The van der Waals surface area contributed by atoms with Gasteiger partial charge in [0.1, 0.15) is 0 Å². The fourth-order valence-electron chi connectivity index (χ4n) is 16.8. The van der Waals surface area contributed by atoms with Crippen molar-refractivity contribution < 1.29 is 11.0 Å². The third-order valence-corrected chi connectivity index (χ3v) is 22.3. The molecule has 0 radical (unpaired) electrons. The van der Waals surface area contributed by atoms with Gasteiger partial charge in [-0.3, -0.25) is 0 Å². The van der Waals surface area contributed by atoms with Crippen molar-refractivity contribution in [2.45, 2.75) is 451 Å². The quantitative estimate of drug-likeness (QED) is 0.0757. The maximum absolute atomic E-state index is 8.31. The van der Waals surface area contributed by atoms with Crippen LogP contribution in [-0.4, -0.2) is 0 Å². The molecular formula is C120H192. The van der Waals surface area contributed by atoms with Gasteiger partial charge >= 0.3 is 0 Å². The van der Waals surface area contributed by atoms with Gasteiger partial charge in [-0.2, -0.15) is 0 Å². The van der Waals surface area contributed by atoms with E-state index in [1.165, 1.54) is 123 Å². The third-order valence-electron chi connectivity index (χ3n) is 22.3. The lowest BCUT2D eigenvalue weighted by Crippen LogP contribution is -2.21.